The van der Waals surface area contributed by atoms with Crippen LogP contribution in [-0.4, -0.2) is 63.9 Å². The van der Waals surface area contributed by atoms with Crippen LogP contribution in [0, 0.1) is 6.92 Å². The number of aromatic nitrogens is 4. The molecule has 2 aromatic heterocycles. The number of nitrogens with zero attached hydrogens (tertiary/aromatic N) is 7. The van der Waals surface area contributed by atoms with Crippen LogP contribution in [0.5, 0.6) is 0 Å². The lowest BCUT2D eigenvalue weighted by Gasteiger charge is -2.37. The van der Waals surface area contributed by atoms with Gasteiger partial charge in [0.1, 0.15) is 0 Å². The quantitative estimate of drug-likeness (QED) is 0.796. The molecule has 0 radical (unpaired) electrons. The lowest BCUT2D eigenvalue weighted by Crippen LogP contribution is -2.47. The maximum atomic E-state index is 4.69. The molecule has 0 aliphatic carbocycles. The highest BCUT2D eigenvalue weighted by molar-refractivity contribution is 5.85. The third-order valence-electron chi connectivity index (χ3n) is 5.72. The summed E-state index contributed by atoms with van der Waals surface area (Å²) in [4.78, 5) is 16.7. The van der Waals surface area contributed by atoms with Gasteiger partial charge in [0.15, 0.2) is 11.6 Å². The average Bonchev–Trinajstić information content (AvgIpc) is 3.01. The van der Waals surface area contributed by atoms with Crippen LogP contribution >= 0.6 is 12.4 Å². The third kappa shape index (κ3) is 4.35. The van der Waals surface area contributed by atoms with E-state index in [2.05, 4.69) is 31.7 Å². The second kappa shape index (κ2) is 8.89. The van der Waals surface area contributed by atoms with Gasteiger partial charge in [-0.3, -0.25) is 9.58 Å². The molecule has 0 aromatic carbocycles. The van der Waals surface area contributed by atoms with Crippen molar-refractivity contribution in [2.24, 2.45) is 7.05 Å². The number of rotatable bonds is 4. The standard InChI is InChI=1S/C19H29N7.ClH/c1-16-17(14-22-23(16)2)15-24-10-12-26(13-11-24)19-18(20-6-7-21-19)25-8-4-3-5-9-25;/h6-7,14H,3-5,8-13,15H2,1-2H3;1H. The molecular formula is C19H30ClN7. The predicted molar refractivity (Wildman–Crippen MR) is 111 cm³/mol. The van der Waals surface area contributed by atoms with Crippen molar-refractivity contribution in [3.05, 3.63) is 29.8 Å². The van der Waals surface area contributed by atoms with Crippen LogP contribution in [0.4, 0.5) is 11.6 Å². The second-order valence-electron chi connectivity index (χ2n) is 7.39. The molecule has 8 heteroatoms. The molecule has 0 unspecified atom stereocenters. The second-order valence-corrected chi connectivity index (χ2v) is 7.39. The van der Waals surface area contributed by atoms with E-state index in [0.29, 0.717) is 0 Å². The van der Waals surface area contributed by atoms with Crippen molar-refractivity contribution in [3.8, 4) is 0 Å². The summed E-state index contributed by atoms with van der Waals surface area (Å²) in [5.41, 5.74) is 2.59. The van der Waals surface area contributed by atoms with Gasteiger partial charge in [-0.25, -0.2) is 9.97 Å². The van der Waals surface area contributed by atoms with Crippen molar-refractivity contribution < 1.29 is 0 Å². The Labute approximate surface area is 167 Å². The van der Waals surface area contributed by atoms with E-state index < -0.39 is 0 Å². The number of anilines is 2. The summed E-state index contributed by atoms with van der Waals surface area (Å²) >= 11 is 0. The van der Waals surface area contributed by atoms with E-state index in [9.17, 15) is 0 Å². The van der Waals surface area contributed by atoms with Gasteiger partial charge in [-0.05, 0) is 26.2 Å². The highest BCUT2D eigenvalue weighted by Crippen LogP contribution is 2.27. The molecule has 0 bridgehead atoms. The number of hydrogen-bond donors (Lipinski definition) is 0. The molecule has 4 rings (SSSR count). The molecule has 0 atom stereocenters. The number of aryl methyl sites for hydroxylation is 1. The van der Waals surface area contributed by atoms with Crippen LogP contribution < -0.4 is 9.80 Å². The molecule has 2 fully saturated rings. The van der Waals surface area contributed by atoms with Gasteiger partial charge < -0.3 is 9.80 Å². The summed E-state index contributed by atoms with van der Waals surface area (Å²) in [6, 6.07) is 0. The number of halogens is 1. The van der Waals surface area contributed by atoms with Crippen LogP contribution in [0.2, 0.25) is 0 Å². The van der Waals surface area contributed by atoms with Gasteiger partial charge in [0.2, 0.25) is 0 Å². The maximum absolute atomic E-state index is 4.69. The van der Waals surface area contributed by atoms with Gasteiger partial charge >= 0.3 is 0 Å². The van der Waals surface area contributed by atoms with E-state index in [1.54, 1.807) is 0 Å². The van der Waals surface area contributed by atoms with Gasteiger partial charge in [0, 0.05) is 76.5 Å². The first-order valence-electron chi connectivity index (χ1n) is 9.73. The van der Waals surface area contributed by atoms with Gasteiger partial charge in [-0.15, -0.1) is 12.4 Å². The highest BCUT2D eigenvalue weighted by Gasteiger charge is 2.24. The summed E-state index contributed by atoms with van der Waals surface area (Å²) < 4.78 is 1.95. The van der Waals surface area contributed by atoms with E-state index in [1.165, 1.54) is 30.5 Å². The Bertz CT molecular complexity index is 733. The monoisotopic (exact) mass is 391 g/mol. The Morgan fingerprint density at radius 3 is 2.00 bits per heavy atom. The lowest BCUT2D eigenvalue weighted by atomic mass is 10.1. The Kier molecular flexibility index (Phi) is 6.55. The van der Waals surface area contributed by atoms with E-state index >= 15 is 0 Å². The Morgan fingerprint density at radius 2 is 1.44 bits per heavy atom. The number of piperazine rings is 1. The van der Waals surface area contributed by atoms with E-state index in [4.69, 9.17) is 4.98 Å². The Hall–Kier alpha value is -1.86. The summed E-state index contributed by atoms with van der Waals surface area (Å²) in [5.74, 6) is 2.13. The van der Waals surface area contributed by atoms with E-state index in [0.717, 1.165) is 57.4 Å². The van der Waals surface area contributed by atoms with E-state index in [-0.39, 0.29) is 12.4 Å². The molecule has 2 aliphatic rings. The predicted octanol–water partition coefficient (Wildman–Crippen LogP) is 2.25. The molecule has 2 aliphatic heterocycles. The Balaban J connectivity index is 0.00000210. The van der Waals surface area contributed by atoms with Crippen LogP contribution in [0.1, 0.15) is 30.5 Å². The van der Waals surface area contributed by atoms with Crippen LogP contribution in [-0.2, 0) is 13.6 Å². The zero-order valence-corrected chi connectivity index (χ0v) is 17.2. The van der Waals surface area contributed by atoms with Crippen LogP contribution in [0.15, 0.2) is 18.6 Å². The summed E-state index contributed by atoms with van der Waals surface area (Å²) in [6.07, 6.45) is 9.50. The largest absolute Gasteiger partial charge is 0.354 e. The lowest BCUT2D eigenvalue weighted by molar-refractivity contribution is 0.248. The molecular weight excluding hydrogens is 362 g/mol. The molecule has 148 valence electrons. The first-order chi connectivity index (χ1) is 12.7. The van der Waals surface area contributed by atoms with Crippen molar-refractivity contribution in [1.29, 1.82) is 0 Å². The van der Waals surface area contributed by atoms with Gasteiger partial charge in [0.25, 0.3) is 0 Å². The molecule has 0 amide bonds. The van der Waals surface area contributed by atoms with Gasteiger partial charge in [0.05, 0.1) is 6.20 Å². The smallest absolute Gasteiger partial charge is 0.172 e. The molecule has 0 saturated carbocycles. The summed E-state index contributed by atoms with van der Waals surface area (Å²) in [5, 5.41) is 4.36. The minimum Gasteiger partial charge on any atom is -0.354 e. The van der Waals surface area contributed by atoms with Crippen LogP contribution in [0.25, 0.3) is 0 Å². The molecule has 2 aromatic rings. The summed E-state index contributed by atoms with van der Waals surface area (Å²) in [7, 11) is 2.01. The normalized spacial score (nSPS) is 18.4. The van der Waals surface area contributed by atoms with Crippen molar-refractivity contribution >= 4 is 24.0 Å². The van der Waals surface area contributed by atoms with Crippen LogP contribution in [0.3, 0.4) is 0 Å². The van der Waals surface area contributed by atoms with Crippen molar-refractivity contribution in [2.45, 2.75) is 32.7 Å². The SMILES string of the molecule is Cc1c(CN2CCN(c3nccnc3N3CCCCC3)CC2)cnn1C.Cl. The fourth-order valence-electron chi connectivity index (χ4n) is 3.93. The third-order valence-corrected chi connectivity index (χ3v) is 5.72. The van der Waals surface area contributed by atoms with Gasteiger partial charge in [-0.2, -0.15) is 5.10 Å². The molecule has 0 N–H and O–H groups in total. The molecule has 2 saturated heterocycles. The molecule has 27 heavy (non-hydrogen) atoms. The average molecular weight is 392 g/mol. The highest BCUT2D eigenvalue weighted by atomic mass is 35.5. The minimum absolute atomic E-state index is 0. The fraction of sp³-hybridized carbons (Fsp3) is 0.632. The zero-order valence-electron chi connectivity index (χ0n) is 16.3. The topological polar surface area (TPSA) is 53.3 Å². The van der Waals surface area contributed by atoms with Gasteiger partial charge in [-0.1, -0.05) is 0 Å². The first kappa shape index (κ1) is 19.9. The molecule has 7 nitrogen and oxygen atoms in total. The Morgan fingerprint density at radius 1 is 0.852 bits per heavy atom. The van der Waals surface area contributed by atoms with Crippen molar-refractivity contribution in [1.82, 2.24) is 24.6 Å². The van der Waals surface area contributed by atoms with E-state index in [1.807, 2.05) is 30.3 Å². The zero-order chi connectivity index (χ0) is 17.9. The van der Waals surface area contributed by atoms with Crippen molar-refractivity contribution in [3.63, 3.8) is 0 Å². The number of hydrogen-bond acceptors (Lipinski definition) is 6. The van der Waals surface area contributed by atoms with Crippen molar-refractivity contribution in [2.75, 3.05) is 49.1 Å². The molecule has 4 heterocycles. The molecule has 0 spiro atoms. The number of piperidine rings is 1. The first-order valence-corrected chi connectivity index (χ1v) is 9.73. The summed E-state index contributed by atoms with van der Waals surface area (Å²) in [6.45, 7) is 9.42. The minimum atomic E-state index is 0. The maximum Gasteiger partial charge on any atom is 0.172 e. The fourth-order valence-corrected chi connectivity index (χ4v) is 3.93.